The molecular formula is C6H3BrOS3. The van der Waals surface area contributed by atoms with Gasteiger partial charge in [0.05, 0.1) is 9.40 Å². The van der Waals surface area contributed by atoms with E-state index in [1.807, 2.05) is 0 Å². The number of hydrogen-bond donors (Lipinski definition) is 0. The molecule has 5 heteroatoms. The highest BCUT2D eigenvalue weighted by Crippen LogP contribution is 2.32. The molecule has 2 heterocycles. The Balaban J connectivity index is 2.83. The van der Waals surface area contributed by atoms with Gasteiger partial charge in [0.15, 0.2) is 0 Å². The maximum atomic E-state index is 10.9. The van der Waals surface area contributed by atoms with Gasteiger partial charge in [-0.25, -0.2) is 0 Å². The summed E-state index contributed by atoms with van der Waals surface area (Å²) in [6, 6.07) is 0. The number of thiophene rings is 1. The van der Waals surface area contributed by atoms with E-state index in [-0.39, 0.29) is 4.06 Å². The topological polar surface area (TPSA) is 17.1 Å². The maximum Gasteiger partial charge on any atom is 0.288 e. The highest BCUT2D eigenvalue weighted by Gasteiger charge is 2.06. The van der Waals surface area contributed by atoms with Crippen molar-refractivity contribution in [2.24, 2.45) is 0 Å². The summed E-state index contributed by atoms with van der Waals surface area (Å²) in [7, 11) is 0. The van der Waals surface area contributed by atoms with Gasteiger partial charge in [-0.3, -0.25) is 4.79 Å². The van der Waals surface area contributed by atoms with Crippen molar-refractivity contribution in [1.29, 1.82) is 0 Å². The minimum atomic E-state index is 0.199. The summed E-state index contributed by atoms with van der Waals surface area (Å²) in [4.78, 5) is 12.2. The summed E-state index contributed by atoms with van der Waals surface area (Å²) in [6.07, 6.45) is 0. The van der Waals surface area contributed by atoms with Crippen molar-refractivity contribution in [1.82, 2.24) is 0 Å². The smallest absolute Gasteiger partial charge is 0.265 e. The van der Waals surface area contributed by atoms with E-state index >= 15 is 0 Å². The summed E-state index contributed by atoms with van der Waals surface area (Å²) in [5.74, 6) is 0. The van der Waals surface area contributed by atoms with Crippen LogP contribution in [0.1, 0.15) is 4.88 Å². The van der Waals surface area contributed by atoms with Gasteiger partial charge in [0.1, 0.15) is 0 Å². The molecule has 0 N–H and O–H groups in total. The molecule has 11 heavy (non-hydrogen) atoms. The molecule has 0 spiro atoms. The number of hydrogen-bond acceptors (Lipinski definition) is 4. The summed E-state index contributed by atoms with van der Waals surface area (Å²) < 4.78 is 2.51. The van der Waals surface area contributed by atoms with Gasteiger partial charge in [-0.1, -0.05) is 38.6 Å². The molecule has 0 saturated carbocycles. The molecule has 1 nitrogen and oxygen atoms in total. The van der Waals surface area contributed by atoms with Crippen LogP contribution < -0.4 is 4.06 Å². The lowest BCUT2D eigenvalue weighted by atomic mass is 10.5. The predicted octanol–water partition coefficient (Wildman–Crippen LogP) is 3.28. The number of fused-ring (bicyclic) bond motifs is 1. The Kier molecular flexibility index (Phi) is 2.14. The monoisotopic (exact) mass is 266 g/mol. The van der Waals surface area contributed by atoms with Crippen molar-refractivity contribution in [2.45, 2.75) is 5.33 Å². The first-order chi connectivity index (χ1) is 5.31. The lowest BCUT2D eigenvalue weighted by Crippen LogP contribution is -1.74. The molecule has 0 aromatic carbocycles. The fourth-order valence-corrected chi connectivity index (χ4v) is 4.93. The van der Waals surface area contributed by atoms with Crippen molar-refractivity contribution >= 4 is 59.3 Å². The standard InChI is InChI=1S/C6H3BrOS3/c7-1-3-5-4(2-9-3)10-6(8)11-5/h2H,1H2. The van der Waals surface area contributed by atoms with E-state index in [9.17, 15) is 4.79 Å². The van der Waals surface area contributed by atoms with Crippen LogP contribution in [0.2, 0.25) is 0 Å². The second kappa shape index (κ2) is 2.97. The highest BCUT2D eigenvalue weighted by atomic mass is 79.9. The molecule has 2 aromatic heterocycles. The molecule has 0 unspecified atom stereocenters. The number of alkyl halides is 1. The van der Waals surface area contributed by atoms with Crippen molar-refractivity contribution in [3.8, 4) is 0 Å². The number of rotatable bonds is 1. The molecule has 0 aliphatic heterocycles. The highest BCUT2D eigenvalue weighted by molar-refractivity contribution is 9.08. The maximum absolute atomic E-state index is 10.9. The second-order valence-electron chi connectivity index (χ2n) is 1.94. The Morgan fingerprint density at radius 2 is 2.27 bits per heavy atom. The fourth-order valence-electron chi connectivity index (χ4n) is 0.833. The predicted molar refractivity (Wildman–Crippen MR) is 56.5 cm³/mol. The van der Waals surface area contributed by atoms with Crippen LogP contribution in [0.15, 0.2) is 10.2 Å². The Morgan fingerprint density at radius 3 is 3.00 bits per heavy atom. The molecule has 0 fully saturated rings. The fraction of sp³-hybridized carbons (Fsp3) is 0.167. The van der Waals surface area contributed by atoms with E-state index in [1.165, 1.54) is 32.3 Å². The van der Waals surface area contributed by atoms with Gasteiger partial charge in [0.25, 0.3) is 4.06 Å². The Hall–Kier alpha value is 0.290. The summed E-state index contributed by atoms with van der Waals surface area (Å²) >= 11 is 7.79. The van der Waals surface area contributed by atoms with Crippen LogP contribution in [0.25, 0.3) is 9.40 Å². The Morgan fingerprint density at radius 1 is 1.45 bits per heavy atom. The van der Waals surface area contributed by atoms with Crippen molar-refractivity contribution in [2.75, 3.05) is 0 Å². The molecule has 2 aromatic rings. The van der Waals surface area contributed by atoms with Crippen LogP contribution in [0.3, 0.4) is 0 Å². The first-order valence-corrected chi connectivity index (χ1v) is 6.50. The van der Waals surface area contributed by atoms with E-state index in [2.05, 4.69) is 21.3 Å². The van der Waals surface area contributed by atoms with Crippen LogP contribution in [-0.2, 0) is 5.33 Å². The Labute approximate surface area is 83.4 Å². The molecule has 0 aliphatic rings. The first-order valence-electron chi connectivity index (χ1n) is 2.87. The van der Waals surface area contributed by atoms with Crippen molar-refractivity contribution in [3.63, 3.8) is 0 Å². The van der Waals surface area contributed by atoms with Gasteiger partial charge in [0.2, 0.25) is 0 Å². The minimum Gasteiger partial charge on any atom is -0.265 e. The SMILES string of the molecule is O=c1sc2csc(CBr)c2s1. The van der Waals surface area contributed by atoms with Crippen LogP contribution in [0, 0.1) is 0 Å². The average molecular weight is 267 g/mol. The summed E-state index contributed by atoms with van der Waals surface area (Å²) in [5.41, 5.74) is 0. The third-order valence-electron chi connectivity index (χ3n) is 1.29. The number of halogens is 1. The lowest BCUT2D eigenvalue weighted by molar-refractivity contribution is 1.65. The molecule has 58 valence electrons. The van der Waals surface area contributed by atoms with Crippen molar-refractivity contribution in [3.05, 3.63) is 19.1 Å². The van der Waals surface area contributed by atoms with E-state index in [4.69, 9.17) is 0 Å². The molecule has 0 amide bonds. The summed E-state index contributed by atoms with van der Waals surface area (Å²) in [6.45, 7) is 0. The second-order valence-corrected chi connectivity index (χ2v) is 5.72. The molecule has 2 rings (SSSR count). The first kappa shape index (κ1) is 7.91. The van der Waals surface area contributed by atoms with Gasteiger partial charge in [0, 0.05) is 15.6 Å². The molecule has 0 radical (unpaired) electrons. The quantitative estimate of drug-likeness (QED) is 0.725. The van der Waals surface area contributed by atoms with Crippen molar-refractivity contribution < 1.29 is 0 Å². The Bertz CT molecular complexity index is 424. The zero-order chi connectivity index (χ0) is 7.84. The van der Waals surface area contributed by atoms with Crippen LogP contribution in [-0.4, -0.2) is 0 Å². The zero-order valence-corrected chi connectivity index (χ0v) is 9.33. The van der Waals surface area contributed by atoms with Gasteiger partial charge in [-0.05, 0) is 0 Å². The molecular weight excluding hydrogens is 264 g/mol. The van der Waals surface area contributed by atoms with Gasteiger partial charge < -0.3 is 0 Å². The zero-order valence-electron chi connectivity index (χ0n) is 5.30. The third-order valence-corrected chi connectivity index (χ3v) is 5.66. The molecule has 0 bridgehead atoms. The van der Waals surface area contributed by atoms with Crippen LogP contribution in [0.4, 0.5) is 0 Å². The lowest BCUT2D eigenvalue weighted by Gasteiger charge is -1.81. The largest absolute Gasteiger partial charge is 0.288 e. The van der Waals surface area contributed by atoms with E-state index < -0.39 is 0 Å². The minimum absolute atomic E-state index is 0.199. The normalized spacial score (nSPS) is 11.0. The molecule has 0 aliphatic carbocycles. The van der Waals surface area contributed by atoms with Gasteiger partial charge >= 0.3 is 0 Å². The molecule has 0 atom stereocenters. The van der Waals surface area contributed by atoms with Crippen LogP contribution >= 0.6 is 49.9 Å². The van der Waals surface area contributed by atoms with E-state index in [0.717, 1.165) is 10.0 Å². The van der Waals surface area contributed by atoms with Gasteiger partial charge in [-0.2, -0.15) is 0 Å². The average Bonchev–Trinajstić information content (AvgIpc) is 2.45. The van der Waals surface area contributed by atoms with Gasteiger partial charge in [-0.15, -0.1) is 11.3 Å². The third kappa shape index (κ3) is 1.30. The van der Waals surface area contributed by atoms with E-state index in [0.29, 0.717) is 0 Å². The summed E-state index contributed by atoms with van der Waals surface area (Å²) in [5, 5.41) is 2.91. The van der Waals surface area contributed by atoms with E-state index in [1.54, 1.807) is 11.3 Å². The van der Waals surface area contributed by atoms with Crippen LogP contribution in [0.5, 0.6) is 0 Å². The molecule has 0 saturated heterocycles.